The van der Waals surface area contributed by atoms with Gasteiger partial charge in [-0.1, -0.05) is 30.3 Å². The molecule has 4 heterocycles. The molecule has 1 aromatic carbocycles. The number of aromatic nitrogens is 4. The number of nitrogens with zero attached hydrogens (tertiary/aromatic N) is 6. The predicted molar refractivity (Wildman–Crippen MR) is 137 cm³/mol. The Bertz CT molecular complexity index is 1510. The van der Waals surface area contributed by atoms with Gasteiger partial charge in [-0.3, -0.25) is 14.8 Å². The minimum absolute atomic E-state index is 0.00137. The standard InChI is InChI=1S/C24H19ClF2N6O2S/c1-13(26)23(34)33-7-5-32(6-8-33)22-16-11-29-20(19(27)21(16)30-24(31-22)35-12-36)15-10-28-9-14-3-2-4-17(25)18(14)15/h2-4,9-11,36H,1,5-8,12H2. The highest BCUT2D eigenvalue weighted by Gasteiger charge is 2.27. The molecule has 1 amide bonds. The highest BCUT2D eigenvalue weighted by atomic mass is 35.5. The molecule has 0 aliphatic carbocycles. The Kier molecular flexibility index (Phi) is 6.59. The molecule has 0 bridgehead atoms. The monoisotopic (exact) mass is 528 g/mol. The second kappa shape index (κ2) is 9.82. The number of amides is 1. The van der Waals surface area contributed by atoms with Gasteiger partial charge in [0.05, 0.1) is 5.39 Å². The van der Waals surface area contributed by atoms with Gasteiger partial charge in [0, 0.05) is 66.1 Å². The number of thiol groups is 1. The summed E-state index contributed by atoms with van der Waals surface area (Å²) in [4.78, 5) is 32.5. The second-order valence-electron chi connectivity index (χ2n) is 8.00. The number of hydrogen-bond donors (Lipinski definition) is 1. The summed E-state index contributed by atoms with van der Waals surface area (Å²) in [6, 6.07) is 5.28. The molecule has 1 fully saturated rings. The van der Waals surface area contributed by atoms with Crippen LogP contribution in [0, 0.1) is 5.82 Å². The van der Waals surface area contributed by atoms with Crippen LogP contribution in [-0.2, 0) is 4.79 Å². The van der Waals surface area contributed by atoms with Crippen LogP contribution in [0.1, 0.15) is 0 Å². The molecule has 0 radical (unpaired) electrons. The third kappa shape index (κ3) is 4.28. The minimum atomic E-state index is -1.01. The van der Waals surface area contributed by atoms with E-state index in [1.165, 1.54) is 17.3 Å². The number of anilines is 1. The molecule has 36 heavy (non-hydrogen) atoms. The molecule has 5 rings (SSSR count). The number of benzene rings is 1. The number of pyridine rings is 2. The molecule has 0 saturated carbocycles. The van der Waals surface area contributed by atoms with Crippen molar-refractivity contribution < 1.29 is 18.3 Å². The van der Waals surface area contributed by atoms with Gasteiger partial charge in [-0.2, -0.15) is 9.97 Å². The van der Waals surface area contributed by atoms with Gasteiger partial charge in [0.25, 0.3) is 5.91 Å². The van der Waals surface area contributed by atoms with E-state index in [1.54, 1.807) is 18.3 Å². The number of hydrogen-bond acceptors (Lipinski definition) is 8. The molecule has 0 N–H and O–H groups in total. The number of rotatable bonds is 5. The molecule has 12 heteroatoms. The van der Waals surface area contributed by atoms with Gasteiger partial charge in [-0.25, -0.2) is 8.78 Å². The first-order valence-electron chi connectivity index (χ1n) is 10.9. The Morgan fingerprint density at radius 2 is 1.94 bits per heavy atom. The highest BCUT2D eigenvalue weighted by Crippen LogP contribution is 2.36. The zero-order chi connectivity index (χ0) is 25.4. The lowest BCUT2D eigenvalue weighted by Crippen LogP contribution is -2.49. The van der Waals surface area contributed by atoms with Crippen molar-refractivity contribution in [3.05, 3.63) is 60.0 Å². The van der Waals surface area contributed by atoms with E-state index in [2.05, 4.69) is 39.1 Å². The Morgan fingerprint density at radius 3 is 2.67 bits per heavy atom. The van der Waals surface area contributed by atoms with Crippen molar-refractivity contribution in [1.29, 1.82) is 0 Å². The molecule has 1 aliphatic rings. The number of ether oxygens (including phenoxy) is 1. The van der Waals surface area contributed by atoms with Crippen molar-refractivity contribution in [1.82, 2.24) is 24.8 Å². The van der Waals surface area contributed by atoms with Gasteiger partial charge in [0.15, 0.2) is 11.6 Å². The molecular weight excluding hydrogens is 510 g/mol. The van der Waals surface area contributed by atoms with E-state index in [0.29, 0.717) is 40.3 Å². The van der Waals surface area contributed by atoms with Crippen LogP contribution in [-0.4, -0.2) is 62.9 Å². The van der Waals surface area contributed by atoms with Gasteiger partial charge in [0.1, 0.15) is 23.0 Å². The maximum Gasteiger partial charge on any atom is 0.319 e. The number of piperazine rings is 1. The van der Waals surface area contributed by atoms with Crippen LogP contribution < -0.4 is 9.64 Å². The summed E-state index contributed by atoms with van der Waals surface area (Å²) in [5, 5.41) is 2.16. The molecule has 8 nitrogen and oxygen atoms in total. The van der Waals surface area contributed by atoms with Crippen molar-refractivity contribution in [3.63, 3.8) is 0 Å². The van der Waals surface area contributed by atoms with Crippen LogP contribution in [0.2, 0.25) is 5.02 Å². The van der Waals surface area contributed by atoms with E-state index in [-0.39, 0.29) is 36.2 Å². The third-order valence-corrected chi connectivity index (χ3v) is 6.37. The van der Waals surface area contributed by atoms with Crippen LogP contribution in [0.4, 0.5) is 14.6 Å². The molecule has 184 valence electrons. The molecule has 4 aromatic rings. The Labute approximate surface area is 215 Å². The lowest BCUT2D eigenvalue weighted by Gasteiger charge is -2.35. The van der Waals surface area contributed by atoms with Crippen molar-refractivity contribution in [2.24, 2.45) is 0 Å². The van der Waals surface area contributed by atoms with Crippen molar-refractivity contribution in [3.8, 4) is 17.3 Å². The van der Waals surface area contributed by atoms with E-state index in [9.17, 15) is 9.18 Å². The van der Waals surface area contributed by atoms with Gasteiger partial charge in [-0.15, -0.1) is 12.6 Å². The lowest BCUT2D eigenvalue weighted by atomic mass is 10.0. The fraction of sp³-hybridized carbons (Fsp3) is 0.208. The SMILES string of the molecule is C=C(F)C(=O)N1CCN(c2nc(OCS)nc3c(F)c(-c4cncc5cccc(Cl)c45)ncc23)CC1. The van der Waals surface area contributed by atoms with E-state index in [1.807, 2.05) is 11.0 Å². The first-order valence-corrected chi connectivity index (χ1v) is 11.9. The predicted octanol–water partition coefficient (Wildman–Crippen LogP) is 4.43. The second-order valence-corrected chi connectivity index (χ2v) is 8.66. The number of carbonyl (C=O) groups is 1. The van der Waals surface area contributed by atoms with Gasteiger partial charge in [-0.05, 0) is 6.07 Å². The van der Waals surface area contributed by atoms with E-state index in [0.717, 1.165) is 5.39 Å². The molecule has 1 saturated heterocycles. The number of fused-ring (bicyclic) bond motifs is 2. The molecule has 1 aliphatic heterocycles. The highest BCUT2D eigenvalue weighted by molar-refractivity contribution is 7.80. The van der Waals surface area contributed by atoms with E-state index < -0.39 is 17.6 Å². The van der Waals surface area contributed by atoms with Crippen LogP contribution in [0.15, 0.2) is 49.2 Å². The van der Waals surface area contributed by atoms with Crippen LogP contribution >= 0.6 is 24.2 Å². The molecular formula is C24H19ClF2N6O2S. The van der Waals surface area contributed by atoms with Gasteiger partial charge >= 0.3 is 6.01 Å². The Hall–Kier alpha value is -3.57. The summed E-state index contributed by atoms with van der Waals surface area (Å²) >= 11 is 10.5. The average Bonchev–Trinajstić information content (AvgIpc) is 2.88. The van der Waals surface area contributed by atoms with Crippen molar-refractivity contribution >= 4 is 57.6 Å². The summed E-state index contributed by atoms with van der Waals surface area (Å²) in [6.45, 7) is 4.21. The third-order valence-electron chi connectivity index (χ3n) is 5.92. The quantitative estimate of drug-likeness (QED) is 0.233. The molecule has 0 spiro atoms. The van der Waals surface area contributed by atoms with E-state index >= 15 is 4.39 Å². The maximum absolute atomic E-state index is 16.0. The lowest BCUT2D eigenvalue weighted by molar-refractivity contribution is -0.128. The molecule has 3 aromatic heterocycles. The first-order chi connectivity index (χ1) is 17.4. The van der Waals surface area contributed by atoms with Crippen LogP contribution in [0.25, 0.3) is 32.9 Å². The topological polar surface area (TPSA) is 84.3 Å². The molecule has 0 unspecified atom stereocenters. The summed E-state index contributed by atoms with van der Waals surface area (Å²) in [6.07, 6.45) is 4.64. The minimum Gasteiger partial charge on any atom is -0.453 e. The average molecular weight is 529 g/mol. The van der Waals surface area contributed by atoms with E-state index in [4.69, 9.17) is 16.3 Å². The van der Waals surface area contributed by atoms with Gasteiger partial charge in [0.2, 0.25) is 0 Å². The number of halogens is 3. The summed E-state index contributed by atoms with van der Waals surface area (Å²) in [7, 11) is 0. The van der Waals surface area contributed by atoms with Crippen LogP contribution in [0.3, 0.4) is 0 Å². The Morgan fingerprint density at radius 1 is 1.17 bits per heavy atom. The fourth-order valence-corrected chi connectivity index (χ4v) is 4.63. The summed E-state index contributed by atoms with van der Waals surface area (Å²) < 4.78 is 34.7. The van der Waals surface area contributed by atoms with Crippen LogP contribution in [0.5, 0.6) is 6.01 Å². The zero-order valence-corrected chi connectivity index (χ0v) is 20.4. The maximum atomic E-state index is 16.0. The van der Waals surface area contributed by atoms with Gasteiger partial charge < -0.3 is 14.5 Å². The van der Waals surface area contributed by atoms with Crippen molar-refractivity contribution in [2.45, 2.75) is 0 Å². The Balaban J connectivity index is 1.61. The zero-order valence-electron chi connectivity index (χ0n) is 18.8. The summed E-state index contributed by atoms with van der Waals surface area (Å²) in [5.41, 5.74) is 0.460. The largest absolute Gasteiger partial charge is 0.453 e. The molecule has 0 atom stereocenters. The van der Waals surface area contributed by atoms with Crippen molar-refractivity contribution in [2.75, 3.05) is 37.0 Å². The number of carbonyl (C=O) groups excluding carboxylic acids is 1. The fourth-order valence-electron chi connectivity index (χ4n) is 4.23. The summed E-state index contributed by atoms with van der Waals surface area (Å²) in [5.74, 6) is -2.08. The smallest absolute Gasteiger partial charge is 0.319 e. The first kappa shape index (κ1) is 24.1. The normalized spacial score (nSPS) is 13.9.